The second-order valence-electron chi connectivity index (χ2n) is 6.88. The van der Waals surface area contributed by atoms with E-state index in [1.54, 1.807) is 12.3 Å². The summed E-state index contributed by atoms with van der Waals surface area (Å²) in [5.74, 6) is 0.931. The highest BCUT2D eigenvalue weighted by Crippen LogP contribution is 2.39. The van der Waals surface area contributed by atoms with Crippen LogP contribution >= 0.6 is 23.4 Å². The van der Waals surface area contributed by atoms with Crippen molar-refractivity contribution in [1.29, 1.82) is 0 Å². The fraction of sp³-hybridized carbons (Fsp3) is 0.273. The first kappa shape index (κ1) is 21.1. The average molecular weight is 443 g/mol. The molecule has 0 unspecified atom stereocenters. The Kier molecular flexibility index (Phi) is 6.86. The number of morpholine rings is 1. The Bertz CT molecular complexity index is 1030. The average Bonchev–Trinajstić information content (AvgIpc) is 2.81. The molecule has 3 aromatic rings. The highest BCUT2D eigenvalue weighted by Gasteiger charge is 2.16. The minimum absolute atomic E-state index is 0.0782. The molecule has 1 aromatic carbocycles. The van der Waals surface area contributed by atoms with Gasteiger partial charge in [-0.15, -0.1) is 0 Å². The number of aliphatic hydroxyl groups excluding tert-OH is 1. The first-order chi connectivity index (χ1) is 14.7. The van der Waals surface area contributed by atoms with Gasteiger partial charge in [-0.25, -0.2) is 9.97 Å². The lowest BCUT2D eigenvalue weighted by molar-refractivity contribution is 0.122. The predicted octanol–water partition coefficient (Wildman–Crippen LogP) is 3.74. The molecule has 0 atom stereocenters. The molecule has 0 amide bonds. The van der Waals surface area contributed by atoms with E-state index in [4.69, 9.17) is 22.1 Å². The number of ether oxygens (including phenoxy) is 1. The first-order valence-electron chi connectivity index (χ1n) is 9.74. The summed E-state index contributed by atoms with van der Waals surface area (Å²) in [6.45, 7) is 3.36. The number of pyridine rings is 2. The molecule has 0 saturated carbocycles. The van der Waals surface area contributed by atoms with Gasteiger partial charge in [0.2, 0.25) is 0 Å². The molecular formula is C22H23ClN4O2S. The van der Waals surface area contributed by atoms with Crippen LogP contribution in [0.3, 0.4) is 0 Å². The van der Waals surface area contributed by atoms with Gasteiger partial charge in [0.1, 0.15) is 10.8 Å². The van der Waals surface area contributed by atoms with Crippen LogP contribution in [0.5, 0.6) is 0 Å². The zero-order valence-electron chi connectivity index (χ0n) is 16.4. The third kappa shape index (κ3) is 4.61. The van der Waals surface area contributed by atoms with Crippen LogP contribution in [0.2, 0.25) is 5.02 Å². The van der Waals surface area contributed by atoms with E-state index in [-0.39, 0.29) is 6.61 Å². The van der Waals surface area contributed by atoms with Crippen LogP contribution in [0.1, 0.15) is 11.1 Å². The SMILES string of the molecule is NCc1cc(-c2ccnc(N3CCOCC3)c2)cc(Cl)c1Sc1ncccc1CO. The van der Waals surface area contributed by atoms with Gasteiger partial charge in [-0.3, -0.25) is 0 Å². The summed E-state index contributed by atoms with van der Waals surface area (Å²) < 4.78 is 5.44. The Labute approximate surface area is 185 Å². The van der Waals surface area contributed by atoms with E-state index in [0.29, 0.717) is 24.8 Å². The standard InChI is InChI=1S/C22H23ClN4O2S/c23-19-11-17(15-3-5-25-20(12-15)27-6-8-29-9-7-27)10-18(13-24)21(19)30-22-16(14-28)2-1-4-26-22/h1-5,10-12,28H,6-9,13-14,24H2. The predicted molar refractivity (Wildman–Crippen MR) is 120 cm³/mol. The molecule has 1 aliphatic heterocycles. The van der Waals surface area contributed by atoms with Gasteiger partial charge in [0.05, 0.1) is 24.8 Å². The third-order valence-corrected chi connectivity index (χ3v) is 6.63. The second kappa shape index (κ2) is 9.76. The van der Waals surface area contributed by atoms with E-state index in [1.165, 1.54) is 11.8 Å². The lowest BCUT2D eigenvalue weighted by Crippen LogP contribution is -2.36. The number of hydrogen-bond acceptors (Lipinski definition) is 7. The summed E-state index contributed by atoms with van der Waals surface area (Å²) in [6, 6.07) is 11.7. The number of aromatic nitrogens is 2. The Morgan fingerprint density at radius 2 is 1.90 bits per heavy atom. The molecule has 30 heavy (non-hydrogen) atoms. The van der Waals surface area contributed by atoms with Crippen LogP contribution in [0, 0.1) is 0 Å². The van der Waals surface area contributed by atoms with Crippen molar-refractivity contribution in [2.24, 2.45) is 5.73 Å². The van der Waals surface area contributed by atoms with E-state index < -0.39 is 0 Å². The number of rotatable bonds is 6. The number of halogens is 1. The highest BCUT2D eigenvalue weighted by molar-refractivity contribution is 7.99. The van der Waals surface area contributed by atoms with Crippen molar-refractivity contribution in [2.75, 3.05) is 31.2 Å². The molecule has 2 aromatic heterocycles. The number of aliphatic hydroxyl groups is 1. The van der Waals surface area contributed by atoms with Gasteiger partial charge in [-0.1, -0.05) is 29.4 Å². The normalized spacial score (nSPS) is 14.2. The quantitative estimate of drug-likeness (QED) is 0.601. The smallest absolute Gasteiger partial charge is 0.129 e. The first-order valence-corrected chi connectivity index (χ1v) is 10.9. The van der Waals surface area contributed by atoms with Crippen LogP contribution in [0.25, 0.3) is 11.1 Å². The van der Waals surface area contributed by atoms with Gasteiger partial charge < -0.3 is 20.5 Å². The third-order valence-electron chi connectivity index (χ3n) is 4.97. The van der Waals surface area contributed by atoms with Crippen molar-refractivity contribution in [3.63, 3.8) is 0 Å². The Hall–Kier alpha value is -2.16. The monoisotopic (exact) mass is 442 g/mol. The van der Waals surface area contributed by atoms with Crippen molar-refractivity contribution in [1.82, 2.24) is 9.97 Å². The van der Waals surface area contributed by atoms with Crippen molar-refractivity contribution >= 4 is 29.2 Å². The van der Waals surface area contributed by atoms with Crippen LogP contribution in [0.15, 0.2) is 58.7 Å². The van der Waals surface area contributed by atoms with Gasteiger partial charge >= 0.3 is 0 Å². The molecule has 156 valence electrons. The summed E-state index contributed by atoms with van der Waals surface area (Å²) >= 11 is 8.12. The molecule has 1 fully saturated rings. The number of hydrogen-bond donors (Lipinski definition) is 2. The number of benzene rings is 1. The van der Waals surface area contributed by atoms with Gasteiger partial charge in [-0.2, -0.15) is 0 Å². The van der Waals surface area contributed by atoms with Crippen LogP contribution < -0.4 is 10.6 Å². The Morgan fingerprint density at radius 1 is 1.07 bits per heavy atom. The fourth-order valence-electron chi connectivity index (χ4n) is 3.38. The number of nitrogens with two attached hydrogens (primary N) is 1. The molecule has 3 N–H and O–H groups in total. The van der Waals surface area contributed by atoms with E-state index in [9.17, 15) is 5.11 Å². The summed E-state index contributed by atoms with van der Waals surface area (Å²) in [5, 5.41) is 10.9. The molecule has 3 heterocycles. The maximum atomic E-state index is 9.59. The maximum Gasteiger partial charge on any atom is 0.129 e. The molecular weight excluding hydrogens is 420 g/mol. The summed E-state index contributed by atoms with van der Waals surface area (Å²) in [7, 11) is 0. The topological polar surface area (TPSA) is 84.5 Å². The van der Waals surface area contributed by atoms with E-state index >= 15 is 0 Å². The van der Waals surface area contributed by atoms with Crippen molar-refractivity contribution in [3.8, 4) is 11.1 Å². The zero-order chi connectivity index (χ0) is 20.9. The van der Waals surface area contributed by atoms with Gasteiger partial charge in [0.25, 0.3) is 0 Å². The molecule has 8 heteroatoms. The summed E-state index contributed by atoms with van der Waals surface area (Å²) in [5.41, 5.74) is 9.78. The van der Waals surface area contributed by atoms with Crippen LogP contribution in [0.4, 0.5) is 5.82 Å². The minimum Gasteiger partial charge on any atom is -0.392 e. The molecule has 0 spiro atoms. The van der Waals surface area contributed by atoms with Crippen LogP contribution in [-0.4, -0.2) is 41.4 Å². The maximum absolute atomic E-state index is 9.59. The zero-order valence-corrected chi connectivity index (χ0v) is 18.0. The van der Waals surface area contributed by atoms with E-state index in [2.05, 4.69) is 27.0 Å². The minimum atomic E-state index is -0.0782. The van der Waals surface area contributed by atoms with Gasteiger partial charge in [0.15, 0.2) is 0 Å². The highest BCUT2D eigenvalue weighted by atomic mass is 35.5. The number of nitrogens with zero attached hydrogens (tertiary/aromatic N) is 3. The van der Waals surface area contributed by atoms with Crippen molar-refractivity contribution in [3.05, 3.63) is 64.9 Å². The van der Waals surface area contributed by atoms with Crippen molar-refractivity contribution in [2.45, 2.75) is 23.1 Å². The molecule has 0 radical (unpaired) electrons. The fourth-order valence-corrected chi connectivity index (χ4v) is 4.73. The van der Waals surface area contributed by atoms with Gasteiger partial charge in [-0.05, 0) is 47.0 Å². The van der Waals surface area contributed by atoms with Gasteiger partial charge in [0, 0.05) is 42.5 Å². The molecule has 6 nitrogen and oxygen atoms in total. The van der Waals surface area contributed by atoms with E-state index in [1.807, 2.05) is 24.4 Å². The summed E-state index contributed by atoms with van der Waals surface area (Å²) in [4.78, 5) is 12.0. The van der Waals surface area contributed by atoms with Crippen LogP contribution in [-0.2, 0) is 17.9 Å². The lowest BCUT2D eigenvalue weighted by Gasteiger charge is -2.28. The largest absolute Gasteiger partial charge is 0.392 e. The molecule has 1 aliphatic rings. The lowest BCUT2D eigenvalue weighted by atomic mass is 10.0. The van der Waals surface area contributed by atoms with E-state index in [0.717, 1.165) is 51.1 Å². The molecule has 0 aliphatic carbocycles. The number of anilines is 1. The Morgan fingerprint density at radius 3 is 2.67 bits per heavy atom. The molecule has 0 bridgehead atoms. The Balaban J connectivity index is 1.67. The molecule has 4 rings (SSSR count). The van der Waals surface area contributed by atoms with Crippen molar-refractivity contribution < 1.29 is 9.84 Å². The molecule has 1 saturated heterocycles. The second-order valence-corrected chi connectivity index (χ2v) is 8.29. The summed E-state index contributed by atoms with van der Waals surface area (Å²) in [6.07, 6.45) is 3.52.